The first-order valence-corrected chi connectivity index (χ1v) is 8.87. The van der Waals surface area contributed by atoms with Crippen LogP contribution in [-0.2, 0) is 27.7 Å². The maximum absolute atomic E-state index is 11.8. The molecule has 0 unspecified atom stereocenters. The van der Waals surface area contributed by atoms with Gasteiger partial charge in [0, 0.05) is 13.0 Å². The van der Waals surface area contributed by atoms with E-state index in [4.69, 9.17) is 5.11 Å². The van der Waals surface area contributed by atoms with Crippen LogP contribution in [0, 0.1) is 5.92 Å². The van der Waals surface area contributed by atoms with Crippen molar-refractivity contribution in [3.8, 4) is 0 Å². The van der Waals surface area contributed by atoms with Gasteiger partial charge in [0.2, 0.25) is 10.0 Å². The molecule has 1 aliphatic carbocycles. The molecule has 0 fully saturated rings. The molecule has 0 radical (unpaired) electrons. The Morgan fingerprint density at radius 3 is 2.43 bits per heavy atom. The largest absolute Gasteiger partial charge is 0.481 e. The van der Waals surface area contributed by atoms with Crippen molar-refractivity contribution < 1.29 is 18.3 Å². The fourth-order valence-corrected chi connectivity index (χ4v) is 3.96. The average Bonchev–Trinajstić information content (AvgIpc) is 2.84. The summed E-state index contributed by atoms with van der Waals surface area (Å²) >= 11 is 0. The number of sulfonamides is 1. The Hall–Kier alpha value is -1.40. The van der Waals surface area contributed by atoms with Crippen molar-refractivity contribution in [3.05, 3.63) is 35.4 Å². The zero-order valence-corrected chi connectivity index (χ0v) is 12.7. The summed E-state index contributed by atoms with van der Waals surface area (Å²) in [6, 6.07) is 8.24. The molecule has 1 aromatic carbocycles. The second-order valence-electron chi connectivity index (χ2n) is 5.54. The van der Waals surface area contributed by atoms with Crippen LogP contribution >= 0.6 is 0 Å². The summed E-state index contributed by atoms with van der Waals surface area (Å²) < 4.78 is 26.2. The Labute approximate surface area is 125 Å². The van der Waals surface area contributed by atoms with E-state index in [1.54, 1.807) is 0 Å². The summed E-state index contributed by atoms with van der Waals surface area (Å²) in [4.78, 5) is 10.4. The number of hydrogen-bond acceptors (Lipinski definition) is 3. The summed E-state index contributed by atoms with van der Waals surface area (Å²) in [5.74, 6) is -0.408. The highest BCUT2D eigenvalue weighted by molar-refractivity contribution is 7.89. The summed E-state index contributed by atoms with van der Waals surface area (Å²) in [6.45, 7) is 0.194. The van der Waals surface area contributed by atoms with E-state index in [9.17, 15) is 13.2 Å². The van der Waals surface area contributed by atoms with Crippen molar-refractivity contribution in [1.29, 1.82) is 0 Å². The summed E-state index contributed by atoms with van der Waals surface area (Å²) in [5, 5.41) is 8.50. The molecular formula is C15H21NO4S. The average molecular weight is 311 g/mol. The number of carboxylic acid groups (broad SMARTS) is 1. The minimum Gasteiger partial charge on any atom is -0.481 e. The van der Waals surface area contributed by atoms with Gasteiger partial charge in [-0.3, -0.25) is 4.79 Å². The van der Waals surface area contributed by atoms with E-state index in [0.717, 1.165) is 12.8 Å². The molecule has 0 aromatic heterocycles. The van der Waals surface area contributed by atoms with Gasteiger partial charge in [-0.05, 0) is 42.7 Å². The van der Waals surface area contributed by atoms with Crippen molar-refractivity contribution in [3.63, 3.8) is 0 Å². The molecule has 5 nitrogen and oxygen atoms in total. The molecule has 21 heavy (non-hydrogen) atoms. The van der Waals surface area contributed by atoms with Crippen LogP contribution in [0.3, 0.4) is 0 Å². The van der Waals surface area contributed by atoms with Gasteiger partial charge in [0.25, 0.3) is 0 Å². The van der Waals surface area contributed by atoms with Gasteiger partial charge in [-0.25, -0.2) is 13.1 Å². The van der Waals surface area contributed by atoms with Crippen LogP contribution in [-0.4, -0.2) is 31.8 Å². The molecule has 0 atom stereocenters. The fraction of sp³-hybridized carbons (Fsp3) is 0.533. The zero-order chi connectivity index (χ0) is 15.3. The third kappa shape index (κ3) is 5.13. The van der Waals surface area contributed by atoms with Crippen LogP contribution in [0.2, 0.25) is 0 Å². The van der Waals surface area contributed by atoms with Gasteiger partial charge in [0.15, 0.2) is 0 Å². The molecule has 116 valence electrons. The van der Waals surface area contributed by atoms with Gasteiger partial charge < -0.3 is 5.11 Å². The molecule has 0 heterocycles. The van der Waals surface area contributed by atoms with Crippen LogP contribution in [0.25, 0.3) is 0 Å². The molecule has 2 N–H and O–H groups in total. The zero-order valence-electron chi connectivity index (χ0n) is 11.9. The Morgan fingerprint density at radius 2 is 1.86 bits per heavy atom. The van der Waals surface area contributed by atoms with E-state index in [1.165, 1.54) is 11.1 Å². The van der Waals surface area contributed by atoms with Crippen molar-refractivity contribution >= 4 is 16.0 Å². The molecule has 0 aliphatic heterocycles. The van der Waals surface area contributed by atoms with E-state index >= 15 is 0 Å². The summed E-state index contributed by atoms with van der Waals surface area (Å²) in [5.41, 5.74) is 2.66. The second-order valence-corrected chi connectivity index (χ2v) is 7.47. The number of aliphatic carboxylic acids is 1. The lowest BCUT2D eigenvalue weighted by Crippen LogP contribution is -2.28. The normalized spacial score (nSPS) is 15.0. The Morgan fingerprint density at radius 1 is 1.24 bits per heavy atom. The monoisotopic (exact) mass is 311 g/mol. The summed E-state index contributed by atoms with van der Waals surface area (Å²) in [6.07, 6.45) is 2.85. The number of benzene rings is 1. The maximum atomic E-state index is 11.8. The molecule has 1 aliphatic rings. The number of nitrogens with one attached hydrogen (secondary N) is 1. The first-order chi connectivity index (χ1) is 9.96. The van der Waals surface area contributed by atoms with E-state index in [2.05, 4.69) is 16.9 Å². The lowest BCUT2D eigenvalue weighted by Gasteiger charge is -2.10. The highest BCUT2D eigenvalue weighted by atomic mass is 32.2. The fourth-order valence-electron chi connectivity index (χ4n) is 2.72. The Bertz CT molecular complexity index is 572. The lowest BCUT2D eigenvalue weighted by atomic mass is 10.0. The smallest absolute Gasteiger partial charge is 0.303 e. The SMILES string of the molecule is O=C(O)CCCNS(=O)(=O)CCC1Cc2ccccc2C1. The number of hydrogen-bond donors (Lipinski definition) is 2. The van der Waals surface area contributed by atoms with Gasteiger partial charge in [-0.2, -0.15) is 0 Å². The molecule has 0 amide bonds. The van der Waals surface area contributed by atoms with E-state index < -0.39 is 16.0 Å². The highest BCUT2D eigenvalue weighted by Crippen LogP contribution is 2.28. The minimum absolute atomic E-state index is 0.0134. The first-order valence-electron chi connectivity index (χ1n) is 7.22. The molecule has 0 saturated heterocycles. The lowest BCUT2D eigenvalue weighted by molar-refractivity contribution is -0.137. The van der Waals surface area contributed by atoms with Gasteiger partial charge in [-0.15, -0.1) is 0 Å². The van der Waals surface area contributed by atoms with Gasteiger partial charge in [-0.1, -0.05) is 24.3 Å². The quantitative estimate of drug-likeness (QED) is 0.714. The van der Waals surface area contributed by atoms with Crippen molar-refractivity contribution in [2.75, 3.05) is 12.3 Å². The van der Waals surface area contributed by atoms with Crippen molar-refractivity contribution in [2.45, 2.75) is 32.1 Å². The number of carbonyl (C=O) groups is 1. The van der Waals surface area contributed by atoms with E-state index in [0.29, 0.717) is 18.8 Å². The van der Waals surface area contributed by atoms with Gasteiger partial charge in [0.05, 0.1) is 5.75 Å². The molecule has 2 rings (SSSR count). The predicted molar refractivity (Wildman–Crippen MR) is 80.6 cm³/mol. The van der Waals surface area contributed by atoms with E-state index in [1.807, 2.05) is 12.1 Å². The van der Waals surface area contributed by atoms with Crippen molar-refractivity contribution in [1.82, 2.24) is 4.72 Å². The van der Waals surface area contributed by atoms with Crippen LogP contribution in [0.4, 0.5) is 0 Å². The van der Waals surface area contributed by atoms with E-state index in [-0.39, 0.29) is 18.7 Å². The Balaban J connectivity index is 1.72. The highest BCUT2D eigenvalue weighted by Gasteiger charge is 2.22. The number of rotatable bonds is 8. The third-order valence-corrected chi connectivity index (χ3v) is 5.24. The second kappa shape index (κ2) is 7.04. The topological polar surface area (TPSA) is 83.5 Å². The van der Waals surface area contributed by atoms with Crippen LogP contribution < -0.4 is 4.72 Å². The molecule has 1 aromatic rings. The van der Waals surface area contributed by atoms with Crippen LogP contribution in [0.5, 0.6) is 0 Å². The maximum Gasteiger partial charge on any atom is 0.303 e. The number of carboxylic acids is 1. The van der Waals surface area contributed by atoms with Crippen LogP contribution in [0.1, 0.15) is 30.4 Å². The molecular weight excluding hydrogens is 290 g/mol. The van der Waals surface area contributed by atoms with Crippen molar-refractivity contribution in [2.24, 2.45) is 5.92 Å². The molecule has 0 bridgehead atoms. The van der Waals surface area contributed by atoms with Gasteiger partial charge in [0.1, 0.15) is 0 Å². The minimum atomic E-state index is -3.30. The third-order valence-electron chi connectivity index (χ3n) is 3.82. The predicted octanol–water partition coefficient (Wildman–Crippen LogP) is 1.58. The van der Waals surface area contributed by atoms with Crippen LogP contribution in [0.15, 0.2) is 24.3 Å². The van der Waals surface area contributed by atoms with Gasteiger partial charge >= 0.3 is 5.97 Å². The first kappa shape index (κ1) is 16.0. The molecule has 0 spiro atoms. The number of fused-ring (bicyclic) bond motifs is 1. The molecule has 0 saturated carbocycles. The molecule has 6 heteroatoms. The summed E-state index contributed by atoms with van der Waals surface area (Å²) in [7, 11) is -3.30. The Kier molecular flexibility index (Phi) is 5.36. The standard InChI is InChI=1S/C15H21NO4S/c17-15(18)6-3-8-16-21(19,20)9-7-12-10-13-4-1-2-5-14(13)11-12/h1-2,4-5,12,16H,3,6-11H2,(H,17,18).